The van der Waals surface area contributed by atoms with Crippen molar-refractivity contribution in [3.63, 3.8) is 0 Å². The van der Waals surface area contributed by atoms with Gasteiger partial charge in [0, 0.05) is 18.8 Å². The van der Waals surface area contributed by atoms with E-state index >= 15 is 0 Å². The molecule has 2 aromatic rings. The van der Waals surface area contributed by atoms with Gasteiger partial charge in [0.25, 0.3) is 0 Å². The summed E-state index contributed by atoms with van der Waals surface area (Å²) in [5, 5.41) is 10.1. The van der Waals surface area contributed by atoms with Gasteiger partial charge in [-0.05, 0) is 81.4 Å². The summed E-state index contributed by atoms with van der Waals surface area (Å²) in [6, 6.07) is 18.6. The highest BCUT2D eigenvalue weighted by molar-refractivity contribution is 6.01. The molecule has 3 rings (SSSR count). The van der Waals surface area contributed by atoms with Crippen LogP contribution in [0.15, 0.2) is 54.6 Å². The Labute approximate surface area is 175 Å². The SMILES string of the molecule is CC(C)(O)C(=O)c1cccc(CC2CCCOCCCC2Cc2ccccc2)c1. The Morgan fingerprint density at radius 3 is 2.14 bits per heavy atom. The minimum atomic E-state index is -1.34. The number of hydrogen-bond acceptors (Lipinski definition) is 3. The molecule has 1 aliphatic rings. The molecule has 3 heteroatoms. The largest absolute Gasteiger partial charge is 0.382 e. The summed E-state index contributed by atoms with van der Waals surface area (Å²) in [5.74, 6) is 0.945. The summed E-state index contributed by atoms with van der Waals surface area (Å²) in [4.78, 5) is 12.5. The van der Waals surface area contributed by atoms with Gasteiger partial charge in [-0.3, -0.25) is 4.79 Å². The first-order chi connectivity index (χ1) is 13.9. The van der Waals surface area contributed by atoms with E-state index in [1.165, 1.54) is 17.5 Å². The van der Waals surface area contributed by atoms with Crippen molar-refractivity contribution in [3.8, 4) is 0 Å². The molecule has 1 saturated heterocycles. The van der Waals surface area contributed by atoms with Crippen LogP contribution in [0, 0.1) is 11.8 Å². The van der Waals surface area contributed by atoms with E-state index in [1.54, 1.807) is 13.8 Å². The lowest BCUT2D eigenvalue weighted by Crippen LogP contribution is -2.31. The van der Waals surface area contributed by atoms with Crippen LogP contribution in [0.1, 0.15) is 61.0 Å². The third-order valence-corrected chi connectivity index (χ3v) is 5.98. The van der Waals surface area contributed by atoms with Gasteiger partial charge in [0.1, 0.15) is 5.60 Å². The van der Waals surface area contributed by atoms with Crippen molar-refractivity contribution in [3.05, 3.63) is 71.3 Å². The Balaban J connectivity index is 1.79. The number of benzene rings is 2. The van der Waals surface area contributed by atoms with E-state index in [4.69, 9.17) is 4.74 Å². The molecule has 156 valence electrons. The minimum absolute atomic E-state index is 0.219. The summed E-state index contributed by atoms with van der Waals surface area (Å²) in [6.45, 7) is 4.80. The molecule has 0 radical (unpaired) electrons. The minimum Gasteiger partial charge on any atom is -0.382 e. The van der Waals surface area contributed by atoms with E-state index in [1.807, 2.05) is 18.2 Å². The monoisotopic (exact) mass is 394 g/mol. The maximum Gasteiger partial charge on any atom is 0.193 e. The second-order valence-electron chi connectivity index (χ2n) is 8.90. The molecule has 0 aliphatic carbocycles. The highest BCUT2D eigenvalue weighted by Crippen LogP contribution is 2.31. The Morgan fingerprint density at radius 2 is 1.52 bits per heavy atom. The fraction of sp³-hybridized carbons (Fsp3) is 0.500. The lowest BCUT2D eigenvalue weighted by Gasteiger charge is -2.27. The van der Waals surface area contributed by atoms with Gasteiger partial charge in [0.15, 0.2) is 5.78 Å². The molecule has 2 unspecified atom stereocenters. The van der Waals surface area contributed by atoms with Gasteiger partial charge in [0.05, 0.1) is 0 Å². The van der Waals surface area contributed by atoms with Crippen LogP contribution in [0.2, 0.25) is 0 Å². The zero-order chi connectivity index (χ0) is 20.7. The number of hydrogen-bond donors (Lipinski definition) is 1. The van der Waals surface area contributed by atoms with Gasteiger partial charge >= 0.3 is 0 Å². The van der Waals surface area contributed by atoms with Crippen molar-refractivity contribution in [1.82, 2.24) is 0 Å². The van der Waals surface area contributed by atoms with Crippen LogP contribution in [0.4, 0.5) is 0 Å². The van der Waals surface area contributed by atoms with Gasteiger partial charge in [-0.1, -0.05) is 48.5 Å². The molecule has 2 atom stereocenters. The number of carbonyl (C=O) groups is 1. The van der Waals surface area contributed by atoms with Crippen LogP contribution < -0.4 is 0 Å². The van der Waals surface area contributed by atoms with Crippen LogP contribution in [-0.2, 0) is 17.6 Å². The Kier molecular flexibility index (Phi) is 7.63. The van der Waals surface area contributed by atoms with Crippen LogP contribution in [0.25, 0.3) is 0 Å². The van der Waals surface area contributed by atoms with Crippen molar-refractivity contribution in [2.24, 2.45) is 11.8 Å². The molecule has 29 heavy (non-hydrogen) atoms. The molecule has 0 bridgehead atoms. The average Bonchev–Trinajstić information content (AvgIpc) is 2.81. The van der Waals surface area contributed by atoms with Gasteiger partial charge in [0.2, 0.25) is 0 Å². The molecule has 0 saturated carbocycles. The summed E-state index contributed by atoms with van der Waals surface area (Å²) in [7, 11) is 0. The third kappa shape index (κ3) is 6.52. The number of ether oxygens (including phenoxy) is 1. The zero-order valence-corrected chi connectivity index (χ0v) is 17.8. The first kappa shape index (κ1) is 21.7. The Hall–Kier alpha value is -1.97. The number of ketones is 1. The fourth-order valence-electron chi connectivity index (χ4n) is 4.42. The van der Waals surface area contributed by atoms with E-state index in [0.717, 1.165) is 45.3 Å². The van der Waals surface area contributed by atoms with E-state index in [0.29, 0.717) is 17.4 Å². The second kappa shape index (κ2) is 10.2. The molecular formula is C26H34O3. The predicted molar refractivity (Wildman–Crippen MR) is 117 cm³/mol. The first-order valence-corrected chi connectivity index (χ1v) is 10.9. The molecule has 3 nitrogen and oxygen atoms in total. The molecule has 1 heterocycles. The van der Waals surface area contributed by atoms with Crippen molar-refractivity contribution >= 4 is 5.78 Å². The van der Waals surface area contributed by atoms with Crippen molar-refractivity contribution in [2.75, 3.05) is 13.2 Å². The predicted octanol–water partition coefficient (Wildman–Crippen LogP) is 5.25. The van der Waals surface area contributed by atoms with Gasteiger partial charge < -0.3 is 9.84 Å². The van der Waals surface area contributed by atoms with Crippen molar-refractivity contribution in [2.45, 2.75) is 58.0 Å². The normalized spacial score (nSPS) is 21.1. The van der Waals surface area contributed by atoms with E-state index in [9.17, 15) is 9.90 Å². The molecular weight excluding hydrogens is 360 g/mol. The van der Waals surface area contributed by atoms with E-state index in [2.05, 4.69) is 36.4 Å². The van der Waals surface area contributed by atoms with E-state index in [-0.39, 0.29) is 5.78 Å². The highest BCUT2D eigenvalue weighted by Gasteiger charge is 2.26. The van der Waals surface area contributed by atoms with E-state index < -0.39 is 5.60 Å². The molecule has 1 aliphatic heterocycles. The lowest BCUT2D eigenvalue weighted by molar-refractivity contribution is 0.0488. The summed E-state index contributed by atoms with van der Waals surface area (Å²) in [6.07, 6.45) is 6.55. The fourth-order valence-corrected chi connectivity index (χ4v) is 4.42. The smallest absolute Gasteiger partial charge is 0.193 e. The van der Waals surface area contributed by atoms with Crippen LogP contribution >= 0.6 is 0 Å². The summed E-state index contributed by atoms with van der Waals surface area (Å²) >= 11 is 0. The Bertz CT molecular complexity index is 776. The molecule has 0 aromatic heterocycles. The third-order valence-electron chi connectivity index (χ3n) is 5.98. The van der Waals surface area contributed by atoms with Crippen molar-refractivity contribution in [1.29, 1.82) is 0 Å². The highest BCUT2D eigenvalue weighted by atomic mass is 16.5. The standard InChI is InChI=1S/C26H34O3/c1-26(2,28)25(27)24-12-6-11-21(19-24)18-23-14-8-16-29-15-7-13-22(23)17-20-9-4-3-5-10-20/h3-6,9-12,19,22-23,28H,7-8,13-18H2,1-2H3. The van der Waals surface area contributed by atoms with Crippen molar-refractivity contribution < 1.29 is 14.6 Å². The summed E-state index contributed by atoms with van der Waals surface area (Å²) in [5.41, 5.74) is 1.84. The Morgan fingerprint density at radius 1 is 0.931 bits per heavy atom. The van der Waals surface area contributed by atoms with Gasteiger partial charge in [-0.15, -0.1) is 0 Å². The van der Waals surface area contributed by atoms with Crippen LogP contribution in [0.5, 0.6) is 0 Å². The first-order valence-electron chi connectivity index (χ1n) is 10.9. The molecule has 2 aromatic carbocycles. The zero-order valence-electron chi connectivity index (χ0n) is 17.8. The number of carbonyl (C=O) groups excluding carboxylic acids is 1. The molecule has 1 N–H and O–H groups in total. The lowest BCUT2D eigenvalue weighted by atomic mass is 9.77. The number of rotatable bonds is 6. The number of aliphatic hydroxyl groups is 1. The quantitative estimate of drug-likeness (QED) is 0.681. The topological polar surface area (TPSA) is 46.5 Å². The molecule has 1 fully saturated rings. The average molecular weight is 395 g/mol. The molecule has 0 amide bonds. The van der Waals surface area contributed by atoms with Crippen LogP contribution in [0.3, 0.4) is 0 Å². The van der Waals surface area contributed by atoms with Crippen LogP contribution in [-0.4, -0.2) is 29.7 Å². The maximum absolute atomic E-state index is 12.5. The number of Topliss-reactive ketones (excluding diaryl/α,β-unsaturated/α-hetero) is 1. The van der Waals surface area contributed by atoms with Gasteiger partial charge in [-0.2, -0.15) is 0 Å². The van der Waals surface area contributed by atoms with Gasteiger partial charge in [-0.25, -0.2) is 0 Å². The summed E-state index contributed by atoms with van der Waals surface area (Å²) < 4.78 is 5.77. The molecule has 0 spiro atoms. The maximum atomic E-state index is 12.5. The second-order valence-corrected chi connectivity index (χ2v) is 8.90.